The number of carbonyl (C=O) groups excluding carboxylic acids is 1. The zero-order valence-electron chi connectivity index (χ0n) is 9.98. The molecule has 17 heavy (non-hydrogen) atoms. The summed E-state index contributed by atoms with van der Waals surface area (Å²) in [6, 6.07) is -1.03. The molecule has 1 saturated carbocycles. The van der Waals surface area contributed by atoms with Gasteiger partial charge in [0.1, 0.15) is 6.04 Å². The van der Waals surface area contributed by atoms with Gasteiger partial charge in [-0.15, -0.1) is 0 Å². The molecule has 5 nitrogen and oxygen atoms in total. The van der Waals surface area contributed by atoms with Gasteiger partial charge in [-0.05, 0) is 12.8 Å². The largest absolute Gasteiger partial charge is 0.480 e. The van der Waals surface area contributed by atoms with Gasteiger partial charge in [0, 0.05) is 23.0 Å². The van der Waals surface area contributed by atoms with Crippen LogP contribution < -0.4 is 5.32 Å². The fourth-order valence-corrected chi connectivity index (χ4v) is 3.73. The van der Waals surface area contributed by atoms with Crippen LogP contribution >= 0.6 is 0 Å². The lowest BCUT2D eigenvalue weighted by molar-refractivity contribution is -0.140. The number of carbonyl (C=O) groups is 2. The topological polar surface area (TPSA) is 83.5 Å². The Balaban J connectivity index is 2.50. The molecule has 1 rings (SSSR count). The first-order valence-electron chi connectivity index (χ1n) is 5.87. The lowest BCUT2D eigenvalue weighted by Gasteiger charge is -2.22. The highest BCUT2D eigenvalue weighted by molar-refractivity contribution is 7.85. The van der Waals surface area contributed by atoms with Gasteiger partial charge >= 0.3 is 5.97 Å². The molecule has 0 aromatic heterocycles. The van der Waals surface area contributed by atoms with Crippen LogP contribution in [0.5, 0.6) is 0 Å². The summed E-state index contributed by atoms with van der Waals surface area (Å²) in [6.07, 6.45) is 5.10. The van der Waals surface area contributed by atoms with Crippen molar-refractivity contribution in [2.24, 2.45) is 0 Å². The minimum atomic E-state index is -1.17. The molecule has 1 fully saturated rings. The van der Waals surface area contributed by atoms with E-state index in [1.807, 2.05) is 0 Å². The molecule has 0 saturated heterocycles. The van der Waals surface area contributed by atoms with E-state index in [0.717, 1.165) is 25.7 Å². The molecule has 98 valence electrons. The third-order valence-electron chi connectivity index (χ3n) is 2.93. The summed E-state index contributed by atoms with van der Waals surface area (Å²) in [5, 5.41) is 11.3. The molecule has 1 amide bonds. The number of hydrogen-bond donors (Lipinski definition) is 2. The van der Waals surface area contributed by atoms with Crippen LogP contribution in [-0.4, -0.2) is 38.2 Å². The lowest BCUT2D eigenvalue weighted by atomic mass is 10.0. The summed E-state index contributed by atoms with van der Waals surface area (Å²) in [4.78, 5) is 21.7. The molecule has 2 unspecified atom stereocenters. The third kappa shape index (κ3) is 4.85. The van der Waals surface area contributed by atoms with Crippen molar-refractivity contribution >= 4 is 22.7 Å². The van der Waals surface area contributed by atoms with Gasteiger partial charge in [-0.3, -0.25) is 9.00 Å². The van der Waals surface area contributed by atoms with Crippen molar-refractivity contribution in [3.8, 4) is 0 Å². The first-order valence-corrected chi connectivity index (χ1v) is 7.26. The average molecular weight is 261 g/mol. The van der Waals surface area contributed by atoms with E-state index in [1.165, 1.54) is 13.3 Å². The van der Waals surface area contributed by atoms with Crippen LogP contribution in [0.15, 0.2) is 0 Å². The molecule has 0 aliphatic heterocycles. The predicted octanol–water partition coefficient (Wildman–Crippen LogP) is 0.657. The monoisotopic (exact) mass is 261 g/mol. The quantitative estimate of drug-likeness (QED) is 0.761. The second-order valence-electron chi connectivity index (χ2n) is 4.40. The second-order valence-corrected chi connectivity index (χ2v) is 6.16. The highest BCUT2D eigenvalue weighted by Gasteiger charge is 2.26. The number of aliphatic carboxylic acids is 1. The lowest BCUT2D eigenvalue weighted by Crippen LogP contribution is -2.44. The Kier molecular flexibility index (Phi) is 5.61. The molecule has 0 bridgehead atoms. The van der Waals surface area contributed by atoms with Gasteiger partial charge in [-0.1, -0.05) is 19.3 Å². The number of carboxylic acid groups (broad SMARTS) is 1. The van der Waals surface area contributed by atoms with Crippen LogP contribution in [0, 0.1) is 0 Å². The SMILES string of the molecule is CC(=O)NC(CS(=O)C1CCCCC1)C(=O)O. The molecule has 0 aromatic carbocycles. The molecular formula is C11H19NO4S. The summed E-state index contributed by atoms with van der Waals surface area (Å²) in [6.45, 7) is 1.26. The Morgan fingerprint density at radius 2 is 1.94 bits per heavy atom. The molecule has 2 atom stereocenters. The molecule has 6 heteroatoms. The summed E-state index contributed by atoms with van der Waals surface area (Å²) < 4.78 is 12.0. The van der Waals surface area contributed by atoms with Crippen LogP contribution in [-0.2, 0) is 20.4 Å². The van der Waals surface area contributed by atoms with Gasteiger partial charge in [0.2, 0.25) is 5.91 Å². The standard InChI is InChI=1S/C11H19NO4S/c1-8(13)12-10(11(14)15)7-17(16)9-5-3-2-4-6-9/h9-10H,2-7H2,1H3,(H,12,13)(H,14,15). The molecule has 2 N–H and O–H groups in total. The van der Waals surface area contributed by atoms with E-state index in [1.54, 1.807) is 0 Å². The highest BCUT2D eigenvalue weighted by atomic mass is 32.2. The number of carboxylic acids is 1. The Morgan fingerprint density at radius 3 is 2.41 bits per heavy atom. The van der Waals surface area contributed by atoms with Gasteiger partial charge in [0.05, 0.1) is 5.75 Å². The normalized spacial score (nSPS) is 20.5. The van der Waals surface area contributed by atoms with E-state index >= 15 is 0 Å². The molecule has 0 heterocycles. The van der Waals surface area contributed by atoms with Crippen LogP contribution in [0.3, 0.4) is 0 Å². The molecule has 1 aliphatic rings. The van der Waals surface area contributed by atoms with E-state index in [0.29, 0.717) is 0 Å². The van der Waals surface area contributed by atoms with E-state index in [9.17, 15) is 13.8 Å². The predicted molar refractivity (Wildman–Crippen MR) is 65.1 cm³/mol. The number of amides is 1. The molecule has 0 spiro atoms. The number of nitrogens with one attached hydrogen (secondary N) is 1. The zero-order valence-corrected chi connectivity index (χ0v) is 10.8. The second kappa shape index (κ2) is 6.74. The van der Waals surface area contributed by atoms with Gasteiger partial charge < -0.3 is 10.4 Å². The van der Waals surface area contributed by atoms with Crippen molar-refractivity contribution in [3.63, 3.8) is 0 Å². The summed E-state index contributed by atoms with van der Waals surface area (Å²) >= 11 is 0. The first-order chi connectivity index (χ1) is 8.00. The summed E-state index contributed by atoms with van der Waals surface area (Å²) in [5.41, 5.74) is 0. The van der Waals surface area contributed by atoms with Crippen LogP contribution in [0.1, 0.15) is 39.0 Å². The van der Waals surface area contributed by atoms with E-state index in [4.69, 9.17) is 5.11 Å². The minimum absolute atomic E-state index is 0.0135. The summed E-state index contributed by atoms with van der Waals surface area (Å²) in [5.74, 6) is -1.51. The molecule has 0 radical (unpaired) electrons. The molecule has 0 aromatic rings. The van der Waals surface area contributed by atoms with Crippen LogP contribution in [0.4, 0.5) is 0 Å². The maximum atomic E-state index is 12.0. The van der Waals surface area contributed by atoms with Crippen LogP contribution in [0.2, 0.25) is 0 Å². The average Bonchev–Trinajstić information content (AvgIpc) is 2.28. The Labute approximate surface area is 103 Å². The third-order valence-corrected chi connectivity index (χ3v) is 4.81. The Bertz CT molecular complexity index is 313. The van der Waals surface area contributed by atoms with Crippen molar-refractivity contribution in [3.05, 3.63) is 0 Å². The van der Waals surface area contributed by atoms with Crippen molar-refractivity contribution in [2.75, 3.05) is 5.75 Å². The zero-order chi connectivity index (χ0) is 12.8. The highest BCUT2D eigenvalue weighted by Crippen LogP contribution is 2.22. The Hall–Kier alpha value is -0.910. The van der Waals surface area contributed by atoms with E-state index in [-0.39, 0.29) is 11.0 Å². The fraction of sp³-hybridized carbons (Fsp3) is 0.818. The maximum Gasteiger partial charge on any atom is 0.327 e. The Morgan fingerprint density at radius 1 is 1.35 bits per heavy atom. The smallest absolute Gasteiger partial charge is 0.327 e. The first kappa shape index (κ1) is 14.2. The fourth-order valence-electron chi connectivity index (χ4n) is 2.05. The molecular weight excluding hydrogens is 242 g/mol. The van der Waals surface area contributed by atoms with Crippen molar-refractivity contribution in [2.45, 2.75) is 50.3 Å². The van der Waals surface area contributed by atoms with Gasteiger partial charge in [-0.2, -0.15) is 0 Å². The minimum Gasteiger partial charge on any atom is -0.480 e. The van der Waals surface area contributed by atoms with Gasteiger partial charge in [0.15, 0.2) is 0 Å². The maximum absolute atomic E-state index is 12.0. The van der Waals surface area contributed by atoms with Gasteiger partial charge in [0.25, 0.3) is 0 Å². The van der Waals surface area contributed by atoms with E-state index < -0.39 is 28.7 Å². The van der Waals surface area contributed by atoms with Crippen molar-refractivity contribution in [1.82, 2.24) is 5.32 Å². The van der Waals surface area contributed by atoms with Crippen LogP contribution in [0.25, 0.3) is 0 Å². The van der Waals surface area contributed by atoms with Gasteiger partial charge in [-0.25, -0.2) is 4.79 Å². The number of hydrogen-bond acceptors (Lipinski definition) is 3. The molecule has 1 aliphatic carbocycles. The summed E-state index contributed by atoms with van der Waals surface area (Å²) in [7, 11) is -1.17. The van der Waals surface area contributed by atoms with Crippen molar-refractivity contribution in [1.29, 1.82) is 0 Å². The van der Waals surface area contributed by atoms with Crippen molar-refractivity contribution < 1.29 is 18.9 Å². The number of rotatable bonds is 5. The van der Waals surface area contributed by atoms with E-state index in [2.05, 4.69) is 5.32 Å².